The maximum absolute atomic E-state index is 12.5. The molecule has 1 aromatic heterocycles. The summed E-state index contributed by atoms with van der Waals surface area (Å²) >= 11 is 0. The minimum Gasteiger partial charge on any atom is -0.423 e. The van der Waals surface area contributed by atoms with Crippen LogP contribution in [0.2, 0.25) is 0 Å². The maximum Gasteiger partial charge on any atom is 0.298 e. The summed E-state index contributed by atoms with van der Waals surface area (Å²) < 4.78 is 11.5. The Bertz CT molecular complexity index is 645. The molecule has 2 aliphatic rings. The van der Waals surface area contributed by atoms with Crippen molar-refractivity contribution in [2.24, 2.45) is 0 Å². The van der Waals surface area contributed by atoms with E-state index in [4.69, 9.17) is 9.15 Å². The second-order valence-electron chi connectivity index (χ2n) is 5.80. The van der Waals surface area contributed by atoms with Gasteiger partial charge in [-0.3, -0.25) is 4.79 Å². The summed E-state index contributed by atoms with van der Waals surface area (Å²) in [6.07, 6.45) is 1.77. The van der Waals surface area contributed by atoms with E-state index in [1.165, 1.54) is 0 Å². The molecule has 0 aliphatic carbocycles. The van der Waals surface area contributed by atoms with Crippen LogP contribution in [0.4, 0.5) is 6.01 Å². The minimum absolute atomic E-state index is 0.0957. The maximum atomic E-state index is 12.5. The van der Waals surface area contributed by atoms with Gasteiger partial charge >= 0.3 is 0 Å². The molecular weight excluding hydrogens is 282 g/mol. The zero-order valence-corrected chi connectivity index (χ0v) is 12.4. The van der Waals surface area contributed by atoms with Gasteiger partial charge in [0.2, 0.25) is 0 Å². The molecule has 22 heavy (non-hydrogen) atoms. The number of ether oxygens (including phenoxy) is 1. The molecule has 1 amide bonds. The zero-order chi connectivity index (χ0) is 14.9. The van der Waals surface area contributed by atoms with Gasteiger partial charge in [-0.25, -0.2) is 0 Å². The fraction of sp³-hybridized carbons (Fsp3) is 0.500. The van der Waals surface area contributed by atoms with Crippen molar-refractivity contribution < 1.29 is 13.9 Å². The molecule has 6 heteroatoms. The average molecular weight is 301 g/mol. The number of carbonyl (C=O) groups excluding carboxylic acids is 1. The van der Waals surface area contributed by atoms with Crippen LogP contribution in [-0.2, 0) is 9.53 Å². The normalized spacial score (nSPS) is 22.5. The molecular formula is C16H19N3O3. The molecule has 0 N–H and O–H groups in total. The van der Waals surface area contributed by atoms with Crippen LogP contribution in [0.15, 0.2) is 28.7 Å². The molecule has 6 nitrogen and oxygen atoms in total. The van der Waals surface area contributed by atoms with E-state index in [-0.39, 0.29) is 5.91 Å². The summed E-state index contributed by atoms with van der Waals surface area (Å²) in [7, 11) is 0. The van der Waals surface area contributed by atoms with E-state index in [0.29, 0.717) is 25.7 Å². The fourth-order valence-electron chi connectivity index (χ4n) is 3.11. The highest BCUT2D eigenvalue weighted by Crippen LogP contribution is 2.24. The van der Waals surface area contributed by atoms with Crippen LogP contribution >= 0.6 is 0 Å². The number of carbonyl (C=O) groups is 1. The molecule has 2 aliphatic heterocycles. The quantitative estimate of drug-likeness (QED) is 0.844. The molecule has 2 saturated heterocycles. The monoisotopic (exact) mass is 301 g/mol. The van der Waals surface area contributed by atoms with Gasteiger partial charge in [0.1, 0.15) is 5.52 Å². The van der Waals surface area contributed by atoms with Gasteiger partial charge in [-0.05, 0) is 25.0 Å². The number of rotatable bonds is 2. The van der Waals surface area contributed by atoms with E-state index < -0.39 is 6.10 Å². The highest BCUT2D eigenvalue weighted by Gasteiger charge is 2.32. The molecule has 116 valence electrons. The first kappa shape index (κ1) is 13.6. The van der Waals surface area contributed by atoms with Crippen LogP contribution in [0.3, 0.4) is 0 Å². The van der Waals surface area contributed by atoms with Crippen molar-refractivity contribution in [1.29, 1.82) is 0 Å². The first-order chi connectivity index (χ1) is 10.8. The van der Waals surface area contributed by atoms with Gasteiger partial charge in [-0.1, -0.05) is 12.1 Å². The minimum atomic E-state index is -0.415. The lowest BCUT2D eigenvalue weighted by Crippen LogP contribution is -2.50. The molecule has 0 bridgehead atoms. The number of aromatic nitrogens is 1. The lowest BCUT2D eigenvalue weighted by Gasteiger charge is -2.33. The Labute approximate surface area is 128 Å². The number of anilines is 1. The van der Waals surface area contributed by atoms with Crippen LogP contribution < -0.4 is 4.90 Å². The van der Waals surface area contributed by atoms with Gasteiger partial charge in [0.15, 0.2) is 11.7 Å². The number of fused-ring (bicyclic) bond motifs is 1. The third kappa shape index (κ3) is 2.43. The number of benzene rings is 1. The Morgan fingerprint density at radius 1 is 1.18 bits per heavy atom. The Kier molecular flexibility index (Phi) is 3.46. The standard InChI is InChI=1S/C16H19N3O3/c20-15(18-7-3-4-8-18)14-11-19(9-10-21-14)16-17-12-5-1-2-6-13(12)22-16/h1-2,5-6,14H,3-4,7-11H2. The van der Waals surface area contributed by atoms with E-state index in [1.54, 1.807) is 0 Å². The Hall–Kier alpha value is -2.08. The third-order valence-corrected chi connectivity index (χ3v) is 4.31. The predicted molar refractivity (Wildman–Crippen MR) is 81.8 cm³/mol. The predicted octanol–water partition coefficient (Wildman–Crippen LogP) is 1.66. The highest BCUT2D eigenvalue weighted by molar-refractivity contribution is 5.82. The van der Waals surface area contributed by atoms with Crippen LogP contribution in [0.5, 0.6) is 0 Å². The Balaban J connectivity index is 1.51. The summed E-state index contributed by atoms with van der Waals surface area (Å²) in [4.78, 5) is 20.9. The van der Waals surface area contributed by atoms with Crippen molar-refractivity contribution in [2.45, 2.75) is 18.9 Å². The first-order valence-corrected chi connectivity index (χ1v) is 7.82. The molecule has 1 unspecified atom stereocenters. The van der Waals surface area contributed by atoms with E-state index in [9.17, 15) is 4.79 Å². The smallest absolute Gasteiger partial charge is 0.298 e. The zero-order valence-electron chi connectivity index (χ0n) is 12.4. The summed E-state index contributed by atoms with van der Waals surface area (Å²) in [5, 5.41) is 0. The largest absolute Gasteiger partial charge is 0.423 e. The molecule has 4 rings (SSSR count). The number of nitrogens with zero attached hydrogens (tertiary/aromatic N) is 3. The van der Waals surface area contributed by atoms with Crippen LogP contribution in [0.25, 0.3) is 11.1 Å². The Morgan fingerprint density at radius 2 is 2.00 bits per heavy atom. The number of amides is 1. The van der Waals surface area contributed by atoms with Gasteiger partial charge in [0.25, 0.3) is 11.9 Å². The van der Waals surface area contributed by atoms with Crippen LogP contribution in [0, 0.1) is 0 Å². The number of oxazole rings is 1. The van der Waals surface area contributed by atoms with Crippen LogP contribution in [0.1, 0.15) is 12.8 Å². The molecule has 2 fully saturated rings. The molecule has 1 atom stereocenters. The summed E-state index contributed by atoms with van der Waals surface area (Å²) in [6.45, 7) is 3.41. The molecule has 0 saturated carbocycles. The van der Waals surface area contributed by atoms with E-state index in [1.807, 2.05) is 34.1 Å². The number of para-hydroxylation sites is 2. The van der Waals surface area contributed by atoms with Crippen molar-refractivity contribution >= 4 is 23.0 Å². The lowest BCUT2D eigenvalue weighted by molar-refractivity contribution is -0.143. The summed E-state index contributed by atoms with van der Waals surface area (Å²) in [5.74, 6) is 0.0957. The lowest BCUT2D eigenvalue weighted by atomic mass is 10.2. The van der Waals surface area contributed by atoms with Gasteiger partial charge in [-0.2, -0.15) is 4.98 Å². The van der Waals surface area contributed by atoms with Gasteiger partial charge in [0.05, 0.1) is 13.2 Å². The second-order valence-corrected chi connectivity index (χ2v) is 5.80. The number of hydrogen-bond donors (Lipinski definition) is 0. The van der Waals surface area contributed by atoms with Crippen molar-refractivity contribution in [2.75, 3.05) is 37.7 Å². The van der Waals surface area contributed by atoms with Gasteiger partial charge < -0.3 is 19.0 Å². The van der Waals surface area contributed by atoms with Crippen LogP contribution in [-0.4, -0.2) is 54.7 Å². The summed E-state index contributed by atoms with van der Waals surface area (Å²) in [5.41, 5.74) is 1.61. The van der Waals surface area contributed by atoms with Gasteiger partial charge in [0, 0.05) is 19.6 Å². The number of likely N-dealkylation sites (tertiary alicyclic amines) is 1. The fourth-order valence-corrected chi connectivity index (χ4v) is 3.11. The molecule has 2 aromatic rings. The highest BCUT2D eigenvalue weighted by atomic mass is 16.5. The molecule has 0 spiro atoms. The second kappa shape index (κ2) is 5.61. The van der Waals surface area contributed by atoms with Crippen molar-refractivity contribution in [3.05, 3.63) is 24.3 Å². The average Bonchev–Trinajstić information content (AvgIpc) is 3.23. The number of morpholine rings is 1. The third-order valence-electron chi connectivity index (χ3n) is 4.31. The van der Waals surface area contributed by atoms with Crippen molar-refractivity contribution in [1.82, 2.24) is 9.88 Å². The first-order valence-electron chi connectivity index (χ1n) is 7.82. The Morgan fingerprint density at radius 3 is 2.82 bits per heavy atom. The van der Waals surface area contributed by atoms with E-state index in [0.717, 1.165) is 37.0 Å². The molecule has 3 heterocycles. The van der Waals surface area contributed by atoms with Crippen molar-refractivity contribution in [3.63, 3.8) is 0 Å². The van der Waals surface area contributed by atoms with Crippen molar-refractivity contribution in [3.8, 4) is 0 Å². The topological polar surface area (TPSA) is 58.8 Å². The molecule has 0 radical (unpaired) electrons. The SMILES string of the molecule is O=C(C1CN(c2nc3ccccc3o2)CCO1)N1CCCC1. The van der Waals surface area contributed by atoms with Gasteiger partial charge in [-0.15, -0.1) is 0 Å². The molecule has 1 aromatic carbocycles. The summed E-state index contributed by atoms with van der Waals surface area (Å²) in [6, 6.07) is 8.27. The van der Waals surface area contributed by atoms with E-state index in [2.05, 4.69) is 4.98 Å². The van der Waals surface area contributed by atoms with E-state index >= 15 is 0 Å². The number of hydrogen-bond acceptors (Lipinski definition) is 5.